The average Bonchev–Trinajstić information content (AvgIpc) is 3.13. The molecule has 1 unspecified atom stereocenters. The monoisotopic (exact) mass is 382 g/mol. The summed E-state index contributed by atoms with van der Waals surface area (Å²) in [6.07, 6.45) is 8.03. The van der Waals surface area contributed by atoms with Crippen molar-refractivity contribution in [2.45, 2.75) is 52.7 Å². The molecule has 0 aromatic carbocycles. The third-order valence-electron chi connectivity index (χ3n) is 4.40. The molecule has 0 bridgehead atoms. The van der Waals surface area contributed by atoms with Crippen LogP contribution in [0.4, 0.5) is 5.95 Å². The molecule has 4 heterocycles. The van der Waals surface area contributed by atoms with Crippen molar-refractivity contribution in [1.29, 1.82) is 0 Å². The lowest BCUT2D eigenvalue weighted by molar-refractivity contribution is 0.242. The molecular formula is C21H30N6O. The van der Waals surface area contributed by atoms with E-state index in [1.807, 2.05) is 62.7 Å². The van der Waals surface area contributed by atoms with Gasteiger partial charge in [-0.05, 0) is 45.4 Å². The zero-order valence-electron chi connectivity index (χ0n) is 17.1. The quantitative estimate of drug-likeness (QED) is 0.700. The van der Waals surface area contributed by atoms with Crippen molar-refractivity contribution in [3.05, 3.63) is 36.8 Å². The summed E-state index contributed by atoms with van der Waals surface area (Å²) in [6, 6.07) is 6.17. The van der Waals surface area contributed by atoms with Crippen LogP contribution in [0, 0.1) is 0 Å². The van der Waals surface area contributed by atoms with Crippen molar-refractivity contribution in [2.75, 3.05) is 18.4 Å². The Morgan fingerprint density at radius 3 is 2.86 bits per heavy atom. The predicted octanol–water partition coefficient (Wildman–Crippen LogP) is 3.77. The Hall–Kier alpha value is -2.67. The Kier molecular flexibility index (Phi) is 6.81. The zero-order valence-corrected chi connectivity index (χ0v) is 17.1. The Morgan fingerprint density at radius 1 is 1.25 bits per heavy atom. The van der Waals surface area contributed by atoms with E-state index in [1.54, 1.807) is 6.20 Å². The number of nitrogens with one attached hydrogen (secondary N) is 2. The number of anilines is 1. The molecule has 150 valence electrons. The van der Waals surface area contributed by atoms with E-state index in [0.717, 1.165) is 42.3 Å². The zero-order chi connectivity index (χ0) is 19.9. The Morgan fingerprint density at radius 2 is 2.11 bits per heavy atom. The molecule has 0 saturated carbocycles. The molecule has 7 heteroatoms. The van der Waals surface area contributed by atoms with E-state index >= 15 is 0 Å². The van der Waals surface area contributed by atoms with Gasteiger partial charge in [-0.2, -0.15) is 0 Å². The van der Waals surface area contributed by atoms with E-state index < -0.39 is 0 Å². The fourth-order valence-corrected chi connectivity index (χ4v) is 3.23. The van der Waals surface area contributed by atoms with Gasteiger partial charge in [-0.1, -0.05) is 13.8 Å². The number of hydrogen-bond acceptors (Lipinski definition) is 6. The first-order valence-corrected chi connectivity index (χ1v) is 10.1. The van der Waals surface area contributed by atoms with Crippen LogP contribution in [-0.4, -0.2) is 44.6 Å². The summed E-state index contributed by atoms with van der Waals surface area (Å²) in [4.78, 5) is 13.6. The van der Waals surface area contributed by atoms with Gasteiger partial charge in [-0.15, -0.1) is 0 Å². The number of piperidine rings is 1. The van der Waals surface area contributed by atoms with Crippen LogP contribution in [0.15, 0.2) is 36.8 Å². The van der Waals surface area contributed by atoms with Gasteiger partial charge >= 0.3 is 0 Å². The number of rotatable bonds is 5. The maximum Gasteiger partial charge on any atom is 0.223 e. The van der Waals surface area contributed by atoms with Crippen LogP contribution in [0.2, 0.25) is 0 Å². The SMILES string of the molecule is CC.CC(C)Oc1ccn2c(-c3ccnc(NC4CCCNC4)n3)cnc2c1. The Balaban J connectivity index is 0.00000109. The average molecular weight is 383 g/mol. The topological polar surface area (TPSA) is 76.4 Å². The van der Waals surface area contributed by atoms with Crippen molar-refractivity contribution in [2.24, 2.45) is 0 Å². The molecule has 28 heavy (non-hydrogen) atoms. The Labute approximate surface area is 166 Å². The van der Waals surface area contributed by atoms with Crippen molar-refractivity contribution >= 4 is 11.6 Å². The van der Waals surface area contributed by atoms with Crippen molar-refractivity contribution in [1.82, 2.24) is 24.7 Å². The second kappa shape index (κ2) is 9.50. The summed E-state index contributed by atoms with van der Waals surface area (Å²) in [6.45, 7) is 10.1. The lowest BCUT2D eigenvalue weighted by Crippen LogP contribution is -2.38. The number of nitrogens with zero attached hydrogens (tertiary/aromatic N) is 4. The molecule has 2 N–H and O–H groups in total. The van der Waals surface area contributed by atoms with Gasteiger partial charge in [0, 0.05) is 31.0 Å². The molecule has 0 spiro atoms. The number of imidazole rings is 1. The van der Waals surface area contributed by atoms with Crippen LogP contribution in [-0.2, 0) is 0 Å². The molecule has 0 radical (unpaired) electrons. The van der Waals surface area contributed by atoms with E-state index in [-0.39, 0.29) is 6.10 Å². The molecule has 4 rings (SSSR count). The molecule has 7 nitrogen and oxygen atoms in total. The number of fused-ring (bicyclic) bond motifs is 1. The van der Waals surface area contributed by atoms with Gasteiger partial charge in [-0.25, -0.2) is 15.0 Å². The molecule has 1 saturated heterocycles. The van der Waals surface area contributed by atoms with E-state index in [4.69, 9.17) is 4.74 Å². The molecule has 3 aromatic rings. The lowest BCUT2D eigenvalue weighted by Gasteiger charge is -2.23. The normalized spacial score (nSPS) is 16.5. The summed E-state index contributed by atoms with van der Waals surface area (Å²) >= 11 is 0. The third kappa shape index (κ3) is 4.78. The Bertz CT molecular complexity index is 885. The number of pyridine rings is 1. The highest BCUT2D eigenvalue weighted by Crippen LogP contribution is 2.23. The lowest BCUT2D eigenvalue weighted by atomic mass is 10.1. The van der Waals surface area contributed by atoms with Crippen LogP contribution < -0.4 is 15.4 Å². The summed E-state index contributed by atoms with van der Waals surface area (Å²) in [7, 11) is 0. The van der Waals surface area contributed by atoms with Gasteiger partial charge in [0.1, 0.15) is 11.4 Å². The van der Waals surface area contributed by atoms with Crippen LogP contribution in [0.25, 0.3) is 17.0 Å². The first kappa shape index (κ1) is 20.1. The molecular weight excluding hydrogens is 352 g/mol. The fourth-order valence-electron chi connectivity index (χ4n) is 3.23. The van der Waals surface area contributed by atoms with E-state index in [1.165, 1.54) is 6.42 Å². The van der Waals surface area contributed by atoms with Gasteiger partial charge < -0.3 is 15.4 Å². The van der Waals surface area contributed by atoms with Gasteiger partial charge in [0.15, 0.2) is 0 Å². The van der Waals surface area contributed by atoms with Gasteiger partial charge in [0.05, 0.1) is 23.7 Å². The maximum absolute atomic E-state index is 5.75. The second-order valence-corrected chi connectivity index (χ2v) is 6.85. The minimum Gasteiger partial charge on any atom is -0.491 e. The fraction of sp³-hybridized carbons (Fsp3) is 0.476. The minimum absolute atomic E-state index is 0.136. The number of aromatic nitrogens is 4. The first-order chi connectivity index (χ1) is 13.7. The third-order valence-corrected chi connectivity index (χ3v) is 4.40. The molecule has 0 aliphatic carbocycles. The van der Waals surface area contributed by atoms with E-state index in [2.05, 4.69) is 25.6 Å². The van der Waals surface area contributed by atoms with Crippen LogP contribution in [0.3, 0.4) is 0 Å². The van der Waals surface area contributed by atoms with E-state index in [9.17, 15) is 0 Å². The molecule has 0 amide bonds. The molecule has 1 fully saturated rings. The van der Waals surface area contributed by atoms with Gasteiger partial charge in [-0.3, -0.25) is 4.40 Å². The molecule has 1 aliphatic heterocycles. The number of ether oxygens (including phenoxy) is 1. The smallest absolute Gasteiger partial charge is 0.223 e. The van der Waals surface area contributed by atoms with E-state index in [0.29, 0.717) is 12.0 Å². The van der Waals surface area contributed by atoms with Crippen LogP contribution in [0.1, 0.15) is 40.5 Å². The molecule has 1 atom stereocenters. The second-order valence-electron chi connectivity index (χ2n) is 6.85. The van der Waals surface area contributed by atoms with Crippen LogP contribution >= 0.6 is 0 Å². The van der Waals surface area contributed by atoms with Crippen LogP contribution in [0.5, 0.6) is 5.75 Å². The highest BCUT2D eigenvalue weighted by Gasteiger charge is 2.15. The first-order valence-electron chi connectivity index (χ1n) is 10.1. The number of hydrogen-bond donors (Lipinski definition) is 2. The van der Waals surface area contributed by atoms with Crippen molar-refractivity contribution in [3.8, 4) is 17.1 Å². The minimum atomic E-state index is 0.136. The summed E-state index contributed by atoms with van der Waals surface area (Å²) in [5.74, 6) is 1.48. The highest BCUT2D eigenvalue weighted by molar-refractivity contribution is 5.61. The summed E-state index contributed by atoms with van der Waals surface area (Å²) in [5, 5.41) is 6.82. The summed E-state index contributed by atoms with van der Waals surface area (Å²) in [5.41, 5.74) is 2.61. The predicted molar refractivity (Wildman–Crippen MR) is 113 cm³/mol. The van der Waals surface area contributed by atoms with Gasteiger partial charge in [0.25, 0.3) is 0 Å². The highest BCUT2D eigenvalue weighted by atomic mass is 16.5. The molecule has 3 aromatic heterocycles. The summed E-state index contributed by atoms with van der Waals surface area (Å²) < 4.78 is 7.76. The van der Waals surface area contributed by atoms with Crippen molar-refractivity contribution < 1.29 is 4.74 Å². The van der Waals surface area contributed by atoms with Gasteiger partial charge in [0.2, 0.25) is 5.95 Å². The van der Waals surface area contributed by atoms with Crippen molar-refractivity contribution in [3.63, 3.8) is 0 Å². The maximum atomic E-state index is 5.75. The largest absolute Gasteiger partial charge is 0.491 e. The molecule has 1 aliphatic rings. The standard InChI is InChI=1S/C19H24N6O.C2H6/c1-13(2)26-15-6-9-25-17(12-22-18(25)10-15)16-5-8-21-19(24-16)23-14-4-3-7-20-11-14;1-2/h5-6,8-10,12-14,20H,3-4,7,11H2,1-2H3,(H,21,23,24);1-2H3.